The topological polar surface area (TPSA) is 136 Å². The molecule has 0 spiro atoms. The largest absolute Gasteiger partial charge is 0.481 e. The molecular weight excluding hydrogens is 400 g/mol. The maximum absolute atomic E-state index is 11.6. The second kappa shape index (κ2) is 10.4. The lowest BCUT2D eigenvalue weighted by atomic mass is 9.99. The number of aromatic nitrogens is 4. The molecule has 0 saturated heterocycles. The van der Waals surface area contributed by atoms with Gasteiger partial charge < -0.3 is 5.11 Å². The molecule has 0 saturated carbocycles. The molecule has 0 fully saturated rings. The van der Waals surface area contributed by atoms with Crippen LogP contribution in [-0.4, -0.2) is 36.2 Å². The Morgan fingerprint density at radius 2 is 1.94 bits per heavy atom. The van der Waals surface area contributed by atoms with Gasteiger partial charge >= 0.3 is 5.97 Å². The highest BCUT2D eigenvalue weighted by molar-refractivity contribution is 5.68. The number of carbonyl (C=O) groups is 1. The van der Waals surface area contributed by atoms with E-state index in [-0.39, 0.29) is 12.1 Å². The number of hydrogen-bond donors (Lipinski definition) is 2. The van der Waals surface area contributed by atoms with Crippen molar-refractivity contribution >= 4 is 11.7 Å². The van der Waals surface area contributed by atoms with Gasteiger partial charge in [0.25, 0.3) is 5.69 Å². The van der Waals surface area contributed by atoms with Gasteiger partial charge in [-0.3, -0.25) is 20.2 Å². The van der Waals surface area contributed by atoms with Crippen LogP contribution in [0.2, 0.25) is 0 Å². The van der Waals surface area contributed by atoms with E-state index in [4.69, 9.17) is 0 Å². The summed E-state index contributed by atoms with van der Waals surface area (Å²) < 4.78 is 1.71. The normalized spacial score (nSPS) is 12.9. The lowest BCUT2D eigenvalue weighted by Crippen LogP contribution is -2.31. The molecule has 2 unspecified atom stereocenters. The Hall–Kier alpha value is -3.66. The molecule has 1 heterocycles. The summed E-state index contributed by atoms with van der Waals surface area (Å²) in [6.07, 6.45) is 1.60. The van der Waals surface area contributed by atoms with Gasteiger partial charge in [0.15, 0.2) is 5.82 Å². The van der Waals surface area contributed by atoms with E-state index < -0.39 is 23.0 Å². The highest BCUT2D eigenvalue weighted by Gasteiger charge is 2.27. The monoisotopic (exact) mass is 424 g/mol. The van der Waals surface area contributed by atoms with Crippen molar-refractivity contribution in [3.63, 3.8) is 0 Å². The van der Waals surface area contributed by atoms with Crippen LogP contribution in [0, 0.1) is 10.1 Å². The molecule has 10 nitrogen and oxygen atoms in total. The van der Waals surface area contributed by atoms with Crippen molar-refractivity contribution < 1.29 is 14.8 Å². The summed E-state index contributed by atoms with van der Waals surface area (Å²) >= 11 is 0. The van der Waals surface area contributed by atoms with E-state index in [1.165, 1.54) is 12.1 Å². The molecule has 2 atom stereocenters. The molecule has 31 heavy (non-hydrogen) atoms. The summed E-state index contributed by atoms with van der Waals surface area (Å²) in [5, 5.41) is 36.1. The number of tetrazole rings is 1. The predicted octanol–water partition coefficient (Wildman–Crippen LogP) is 3.28. The number of aliphatic carboxylic acids is 1. The number of nitro benzene ring substituents is 1. The van der Waals surface area contributed by atoms with Gasteiger partial charge in [-0.15, -0.1) is 5.10 Å². The number of nitro groups is 1. The average Bonchev–Trinajstić information content (AvgIpc) is 3.23. The van der Waals surface area contributed by atoms with Crippen molar-refractivity contribution in [2.45, 2.75) is 44.8 Å². The molecule has 0 bridgehead atoms. The number of nitrogens with one attached hydrogen (secondary N) is 1. The van der Waals surface area contributed by atoms with Gasteiger partial charge in [0.2, 0.25) is 0 Å². The minimum Gasteiger partial charge on any atom is -0.481 e. The lowest BCUT2D eigenvalue weighted by Gasteiger charge is -2.25. The van der Waals surface area contributed by atoms with Gasteiger partial charge in [0.1, 0.15) is 0 Å². The lowest BCUT2D eigenvalue weighted by molar-refractivity contribution is -0.384. The first kappa shape index (κ1) is 22.0. The molecule has 10 heteroatoms. The van der Waals surface area contributed by atoms with E-state index in [0.717, 1.165) is 18.4 Å². The van der Waals surface area contributed by atoms with Crippen molar-refractivity contribution in [1.82, 2.24) is 25.5 Å². The van der Waals surface area contributed by atoms with Crippen LogP contribution < -0.4 is 5.32 Å². The third kappa shape index (κ3) is 5.70. The fraction of sp³-hybridized carbons (Fsp3) is 0.333. The van der Waals surface area contributed by atoms with Crippen molar-refractivity contribution in [3.8, 4) is 0 Å². The smallest absolute Gasteiger partial charge is 0.305 e. The Bertz CT molecular complexity index is 1020. The predicted molar refractivity (Wildman–Crippen MR) is 112 cm³/mol. The minimum absolute atomic E-state index is 0.0984. The molecule has 2 N–H and O–H groups in total. The van der Waals surface area contributed by atoms with Gasteiger partial charge in [0, 0.05) is 24.7 Å². The van der Waals surface area contributed by atoms with E-state index in [2.05, 4.69) is 27.8 Å². The molecule has 3 rings (SSSR count). The molecular formula is C21H24N6O4. The molecule has 3 aromatic rings. The van der Waals surface area contributed by atoms with Gasteiger partial charge in [0.05, 0.1) is 17.4 Å². The van der Waals surface area contributed by atoms with Crippen LogP contribution in [0.5, 0.6) is 0 Å². The average molecular weight is 424 g/mol. The summed E-state index contributed by atoms with van der Waals surface area (Å²) in [5.41, 5.74) is 1.26. The third-order valence-electron chi connectivity index (χ3n) is 4.90. The Kier molecular flexibility index (Phi) is 7.39. The van der Waals surface area contributed by atoms with Crippen molar-refractivity contribution in [2.24, 2.45) is 0 Å². The van der Waals surface area contributed by atoms with Crippen LogP contribution in [0.25, 0.3) is 0 Å². The van der Waals surface area contributed by atoms with Crippen LogP contribution in [0.3, 0.4) is 0 Å². The maximum atomic E-state index is 11.6. The quantitative estimate of drug-likeness (QED) is 0.353. The second-order valence-corrected chi connectivity index (χ2v) is 7.13. The zero-order valence-electron chi connectivity index (χ0n) is 17.1. The number of unbranched alkanes of at least 4 members (excludes halogenated alkanes) is 1. The van der Waals surface area contributed by atoms with Gasteiger partial charge in [-0.25, -0.2) is 4.68 Å². The molecule has 0 aliphatic heterocycles. The first-order valence-corrected chi connectivity index (χ1v) is 10.0. The third-order valence-corrected chi connectivity index (χ3v) is 4.90. The van der Waals surface area contributed by atoms with E-state index in [9.17, 15) is 20.0 Å². The summed E-state index contributed by atoms with van der Waals surface area (Å²) in [4.78, 5) is 22.3. The maximum Gasteiger partial charge on any atom is 0.305 e. The second-order valence-electron chi connectivity index (χ2n) is 7.13. The zero-order valence-corrected chi connectivity index (χ0v) is 17.1. The molecule has 1 aromatic heterocycles. The van der Waals surface area contributed by atoms with Crippen molar-refractivity contribution in [1.29, 1.82) is 0 Å². The first-order valence-electron chi connectivity index (χ1n) is 10.0. The fourth-order valence-electron chi connectivity index (χ4n) is 3.35. The number of carboxylic acids is 1. The van der Waals surface area contributed by atoms with Crippen molar-refractivity contribution in [2.75, 3.05) is 0 Å². The van der Waals surface area contributed by atoms with Gasteiger partial charge in [-0.05, 0) is 28.0 Å². The van der Waals surface area contributed by atoms with Crippen LogP contribution in [0.15, 0.2) is 54.6 Å². The Balaban J connectivity index is 2.01. The number of hydrogen-bond acceptors (Lipinski definition) is 7. The summed E-state index contributed by atoms with van der Waals surface area (Å²) in [7, 11) is 0. The number of aryl methyl sites for hydroxylation is 1. The van der Waals surface area contributed by atoms with Crippen LogP contribution in [0.4, 0.5) is 5.69 Å². The van der Waals surface area contributed by atoms with E-state index in [1.54, 1.807) is 16.8 Å². The van der Waals surface area contributed by atoms with Crippen LogP contribution in [0.1, 0.15) is 55.2 Å². The van der Waals surface area contributed by atoms with E-state index in [0.29, 0.717) is 17.9 Å². The molecule has 0 aliphatic rings. The summed E-state index contributed by atoms with van der Waals surface area (Å²) in [6.45, 7) is 2.70. The molecule has 0 amide bonds. The molecule has 0 radical (unpaired) electrons. The summed E-state index contributed by atoms with van der Waals surface area (Å²) in [5.74, 6) is -0.470. The number of rotatable bonds is 11. The van der Waals surface area contributed by atoms with Crippen LogP contribution in [-0.2, 0) is 11.3 Å². The number of nitrogens with zero attached hydrogens (tertiary/aromatic N) is 5. The Labute approximate surface area is 179 Å². The van der Waals surface area contributed by atoms with E-state index in [1.807, 2.05) is 30.3 Å². The van der Waals surface area contributed by atoms with Crippen molar-refractivity contribution in [3.05, 3.63) is 81.7 Å². The van der Waals surface area contributed by atoms with Crippen LogP contribution >= 0.6 is 0 Å². The Morgan fingerprint density at radius 3 is 2.61 bits per heavy atom. The summed E-state index contributed by atoms with van der Waals surface area (Å²) in [6, 6.07) is 14.2. The highest BCUT2D eigenvalue weighted by atomic mass is 16.6. The minimum atomic E-state index is -1.03. The number of benzene rings is 2. The molecule has 162 valence electrons. The van der Waals surface area contributed by atoms with Gasteiger partial charge in [-0.1, -0.05) is 55.8 Å². The molecule has 0 aliphatic carbocycles. The number of non-ortho nitro benzene ring substituents is 1. The highest BCUT2D eigenvalue weighted by Crippen LogP contribution is 2.28. The fourth-order valence-corrected chi connectivity index (χ4v) is 3.35. The standard InChI is InChI=1S/C21H24N6O4/c1-2-3-12-26-21(23-24-25-26)20(15-8-5-4-6-9-15)22-18(14-19(28)29)16-10-7-11-17(13-16)27(30)31/h4-11,13,18,20,22H,2-3,12,14H2,1H3,(H,28,29). The number of carboxylic acid groups (broad SMARTS) is 1. The van der Waals surface area contributed by atoms with E-state index >= 15 is 0 Å². The Morgan fingerprint density at radius 1 is 1.19 bits per heavy atom. The van der Waals surface area contributed by atoms with Gasteiger partial charge in [-0.2, -0.15) is 0 Å². The molecule has 2 aromatic carbocycles. The zero-order chi connectivity index (χ0) is 22.2. The first-order chi connectivity index (χ1) is 15.0. The SMILES string of the molecule is CCCCn1nnnc1C(NC(CC(=O)O)c1cccc([N+](=O)[O-])c1)c1ccccc1.